The molecule has 6 nitrogen and oxygen atoms in total. The number of aliphatic hydroxyl groups excluding tert-OH is 1. The van der Waals surface area contributed by atoms with Crippen LogP contribution in [0.25, 0.3) is 16.7 Å². The van der Waals surface area contributed by atoms with Crippen LogP contribution < -0.4 is 9.64 Å². The molecule has 1 fully saturated rings. The number of carbonyl (C=O) groups excluding carboxylic acids is 2. The van der Waals surface area contributed by atoms with Crippen molar-refractivity contribution in [2.24, 2.45) is 0 Å². The minimum atomic E-state index is -0.805. The van der Waals surface area contributed by atoms with Gasteiger partial charge in [0.25, 0.3) is 11.7 Å². The average molecular weight is 509 g/mol. The highest BCUT2D eigenvalue weighted by Crippen LogP contribution is 2.46. The molecule has 3 aromatic carbocycles. The lowest BCUT2D eigenvalue weighted by molar-refractivity contribution is -0.132. The smallest absolute Gasteiger partial charge is 0.300 e. The fourth-order valence-electron chi connectivity index (χ4n) is 5.24. The summed E-state index contributed by atoms with van der Waals surface area (Å²) in [4.78, 5) is 32.2. The molecule has 0 aliphatic carbocycles. The monoisotopic (exact) mass is 508 g/mol. The van der Waals surface area contributed by atoms with Crippen LogP contribution in [0.3, 0.4) is 0 Å². The predicted octanol–water partition coefficient (Wildman–Crippen LogP) is 6.82. The van der Waals surface area contributed by atoms with Crippen molar-refractivity contribution in [3.63, 3.8) is 0 Å². The van der Waals surface area contributed by atoms with Crippen LogP contribution in [-0.2, 0) is 9.59 Å². The van der Waals surface area contributed by atoms with Crippen LogP contribution in [0.5, 0.6) is 5.75 Å². The fraction of sp³-hybridized carbons (Fsp3) is 0.250. The molecule has 1 aliphatic heterocycles. The third-order valence-corrected chi connectivity index (χ3v) is 7.24. The number of ketones is 1. The number of rotatable bonds is 5. The van der Waals surface area contributed by atoms with Gasteiger partial charge in [0.2, 0.25) is 0 Å². The summed E-state index contributed by atoms with van der Waals surface area (Å²) in [5.41, 5.74) is 6.57. The molecule has 1 atom stereocenters. The highest BCUT2D eigenvalue weighted by molar-refractivity contribution is 6.52. The third kappa shape index (κ3) is 4.16. The first-order valence-corrected chi connectivity index (χ1v) is 12.8. The summed E-state index contributed by atoms with van der Waals surface area (Å²) in [6, 6.07) is 18.0. The number of H-pyrrole nitrogens is 1. The maximum absolute atomic E-state index is 13.7. The van der Waals surface area contributed by atoms with E-state index in [0.29, 0.717) is 17.0 Å². The number of aryl methyl sites for hydroxylation is 4. The van der Waals surface area contributed by atoms with Crippen molar-refractivity contribution in [1.29, 1.82) is 0 Å². The van der Waals surface area contributed by atoms with Gasteiger partial charge >= 0.3 is 0 Å². The standard InChI is InChI=1S/C32H32N2O4/c1-17(2)38-26-14-12-22(15-20(26)5)30(35)28-29(27-21(6)33-25-10-8-7-9-24(25)27)34(32(37)31(28)36)23-13-11-18(3)19(4)16-23/h7-17,29,33,35H,1-6H3/b30-28+. The first-order valence-electron chi connectivity index (χ1n) is 12.8. The van der Waals surface area contributed by atoms with Crippen molar-refractivity contribution < 1.29 is 19.4 Å². The van der Waals surface area contributed by atoms with Crippen molar-refractivity contribution in [2.75, 3.05) is 4.90 Å². The number of aliphatic hydroxyl groups is 1. The van der Waals surface area contributed by atoms with Crippen molar-refractivity contribution in [3.05, 3.63) is 99.7 Å². The SMILES string of the molecule is Cc1ccc(N2C(=O)C(=O)/C(=C(/O)c3ccc(OC(C)C)c(C)c3)C2c2c(C)[nH]c3ccccc23)cc1C. The number of para-hydroxylation sites is 1. The zero-order valence-electron chi connectivity index (χ0n) is 22.5. The van der Waals surface area contributed by atoms with E-state index in [1.165, 1.54) is 4.90 Å². The zero-order valence-corrected chi connectivity index (χ0v) is 22.5. The number of anilines is 1. The number of fused-ring (bicyclic) bond motifs is 1. The van der Waals surface area contributed by atoms with E-state index in [1.807, 2.05) is 84.0 Å². The quantitative estimate of drug-likeness (QED) is 0.176. The maximum atomic E-state index is 13.7. The van der Waals surface area contributed by atoms with Gasteiger partial charge in [0.1, 0.15) is 11.5 Å². The number of hydrogen-bond acceptors (Lipinski definition) is 4. The molecule has 0 saturated carbocycles. The molecule has 0 spiro atoms. The summed E-state index contributed by atoms with van der Waals surface area (Å²) in [6.07, 6.45) is 0.00119. The number of Topliss-reactive ketones (excluding diaryl/α,β-unsaturated/α-hetero) is 1. The van der Waals surface area contributed by atoms with Crippen LogP contribution in [0, 0.1) is 27.7 Å². The van der Waals surface area contributed by atoms with Crippen LogP contribution in [0.1, 0.15) is 53.4 Å². The number of aromatic nitrogens is 1. The molecule has 194 valence electrons. The number of nitrogens with one attached hydrogen (secondary N) is 1. The molecule has 6 heteroatoms. The lowest BCUT2D eigenvalue weighted by atomic mass is 9.92. The molecule has 4 aromatic rings. The Morgan fingerprint density at radius 2 is 1.66 bits per heavy atom. The highest BCUT2D eigenvalue weighted by Gasteiger charge is 2.48. The number of nitrogens with zero attached hydrogens (tertiary/aromatic N) is 1. The molecule has 1 aliphatic rings. The lowest BCUT2D eigenvalue weighted by Gasteiger charge is -2.26. The molecular formula is C32H32N2O4. The highest BCUT2D eigenvalue weighted by atomic mass is 16.5. The van der Waals surface area contributed by atoms with E-state index < -0.39 is 17.7 Å². The Labute approximate surface area is 222 Å². The van der Waals surface area contributed by atoms with Crippen molar-refractivity contribution in [1.82, 2.24) is 4.98 Å². The summed E-state index contributed by atoms with van der Waals surface area (Å²) in [7, 11) is 0. The van der Waals surface area contributed by atoms with Gasteiger partial charge in [0.05, 0.1) is 17.7 Å². The third-order valence-electron chi connectivity index (χ3n) is 7.24. The molecule has 1 amide bonds. The first kappa shape index (κ1) is 25.3. The van der Waals surface area contributed by atoms with E-state index >= 15 is 0 Å². The summed E-state index contributed by atoms with van der Waals surface area (Å²) < 4.78 is 5.85. The molecule has 0 bridgehead atoms. The molecule has 1 aromatic heterocycles. The van der Waals surface area contributed by atoms with Crippen LogP contribution in [0.4, 0.5) is 5.69 Å². The maximum Gasteiger partial charge on any atom is 0.300 e. The Kier molecular flexibility index (Phi) is 6.35. The number of aromatic amines is 1. The van der Waals surface area contributed by atoms with Gasteiger partial charge in [-0.1, -0.05) is 24.3 Å². The molecule has 2 N–H and O–H groups in total. The van der Waals surface area contributed by atoms with Gasteiger partial charge in [-0.05, 0) is 94.6 Å². The minimum absolute atomic E-state index is 0.00119. The second kappa shape index (κ2) is 9.53. The van der Waals surface area contributed by atoms with Gasteiger partial charge in [0, 0.05) is 33.4 Å². The molecule has 1 saturated heterocycles. The van der Waals surface area contributed by atoms with Gasteiger partial charge in [0.15, 0.2) is 0 Å². The fourth-order valence-corrected chi connectivity index (χ4v) is 5.24. The van der Waals surface area contributed by atoms with Gasteiger partial charge in [-0.3, -0.25) is 14.5 Å². The van der Waals surface area contributed by atoms with E-state index in [-0.39, 0.29) is 17.4 Å². The van der Waals surface area contributed by atoms with E-state index in [2.05, 4.69) is 4.98 Å². The summed E-state index contributed by atoms with van der Waals surface area (Å²) >= 11 is 0. The van der Waals surface area contributed by atoms with Crippen LogP contribution in [0.2, 0.25) is 0 Å². The number of amides is 1. The van der Waals surface area contributed by atoms with Gasteiger partial charge in [-0.15, -0.1) is 0 Å². The topological polar surface area (TPSA) is 82.6 Å². The second-order valence-electron chi connectivity index (χ2n) is 10.3. The average Bonchev–Trinajstić information content (AvgIpc) is 3.33. The Hall–Kier alpha value is -4.32. The molecule has 5 rings (SSSR count). The Morgan fingerprint density at radius 3 is 2.34 bits per heavy atom. The van der Waals surface area contributed by atoms with E-state index in [0.717, 1.165) is 38.9 Å². The summed E-state index contributed by atoms with van der Waals surface area (Å²) in [5.74, 6) is -0.878. The second-order valence-corrected chi connectivity index (χ2v) is 10.3. The van der Waals surface area contributed by atoms with Crippen molar-refractivity contribution >= 4 is 34.0 Å². The Bertz CT molecular complexity index is 1630. The number of carbonyl (C=O) groups is 2. The molecule has 38 heavy (non-hydrogen) atoms. The van der Waals surface area contributed by atoms with E-state index in [9.17, 15) is 14.7 Å². The van der Waals surface area contributed by atoms with E-state index in [4.69, 9.17) is 4.74 Å². The molecule has 2 heterocycles. The lowest BCUT2D eigenvalue weighted by Crippen LogP contribution is -2.29. The van der Waals surface area contributed by atoms with Gasteiger partial charge in [-0.25, -0.2) is 0 Å². The van der Waals surface area contributed by atoms with Gasteiger partial charge in [-0.2, -0.15) is 0 Å². The van der Waals surface area contributed by atoms with Crippen LogP contribution >= 0.6 is 0 Å². The van der Waals surface area contributed by atoms with Gasteiger partial charge < -0.3 is 14.8 Å². The minimum Gasteiger partial charge on any atom is -0.507 e. The van der Waals surface area contributed by atoms with Crippen molar-refractivity contribution in [2.45, 2.75) is 53.7 Å². The summed E-state index contributed by atoms with van der Waals surface area (Å²) in [6.45, 7) is 11.7. The predicted molar refractivity (Wildman–Crippen MR) is 151 cm³/mol. The number of hydrogen-bond donors (Lipinski definition) is 2. The molecular weight excluding hydrogens is 476 g/mol. The largest absolute Gasteiger partial charge is 0.507 e. The number of benzene rings is 3. The Morgan fingerprint density at radius 1 is 0.921 bits per heavy atom. The Balaban J connectivity index is 1.76. The molecule has 0 radical (unpaired) electrons. The van der Waals surface area contributed by atoms with Crippen LogP contribution in [-0.4, -0.2) is 27.9 Å². The number of ether oxygens (including phenoxy) is 1. The first-order chi connectivity index (χ1) is 18.1. The normalized spacial score (nSPS) is 17.1. The summed E-state index contributed by atoms with van der Waals surface area (Å²) in [5, 5.41) is 12.5. The van der Waals surface area contributed by atoms with Crippen molar-refractivity contribution in [3.8, 4) is 5.75 Å². The molecule has 1 unspecified atom stereocenters. The van der Waals surface area contributed by atoms with Crippen LogP contribution in [0.15, 0.2) is 66.2 Å². The van der Waals surface area contributed by atoms with E-state index in [1.54, 1.807) is 18.2 Å². The zero-order chi connectivity index (χ0) is 27.3.